The third kappa shape index (κ3) is 5.85. The van der Waals surface area contributed by atoms with Crippen LogP contribution >= 0.6 is 0 Å². The van der Waals surface area contributed by atoms with Gasteiger partial charge in [-0.3, -0.25) is 19.3 Å². The Morgan fingerprint density at radius 1 is 1.09 bits per heavy atom. The van der Waals surface area contributed by atoms with E-state index in [9.17, 15) is 18.0 Å². The molecule has 32 heavy (non-hydrogen) atoms. The highest BCUT2D eigenvalue weighted by molar-refractivity contribution is 7.92. The Balaban J connectivity index is 1.68. The van der Waals surface area contributed by atoms with Crippen molar-refractivity contribution < 1.29 is 18.0 Å². The second-order valence-corrected chi connectivity index (χ2v) is 9.77. The normalized spacial score (nSPS) is 18.8. The maximum absolute atomic E-state index is 13.1. The summed E-state index contributed by atoms with van der Waals surface area (Å²) in [4.78, 5) is 31.2. The third-order valence-electron chi connectivity index (χ3n) is 5.69. The van der Waals surface area contributed by atoms with E-state index in [2.05, 4.69) is 21.9 Å². The van der Waals surface area contributed by atoms with Gasteiger partial charge in [0.15, 0.2) is 0 Å². The van der Waals surface area contributed by atoms with E-state index in [0.717, 1.165) is 25.7 Å². The van der Waals surface area contributed by atoms with Crippen molar-refractivity contribution in [2.75, 3.05) is 17.8 Å². The molecule has 2 aromatic rings. The van der Waals surface area contributed by atoms with Crippen molar-refractivity contribution in [1.82, 2.24) is 15.2 Å². The maximum atomic E-state index is 13.1. The Morgan fingerprint density at radius 3 is 2.44 bits per heavy atom. The van der Waals surface area contributed by atoms with Gasteiger partial charge in [-0.05, 0) is 62.6 Å². The van der Waals surface area contributed by atoms with E-state index in [4.69, 9.17) is 0 Å². The zero-order valence-electron chi connectivity index (χ0n) is 18.5. The molecular weight excluding hydrogens is 428 g/mol. The number of anilines is 1. The largest absolute Gasteiger partial charge is 0.356 e. The van der Waals surface area contributed by atoms with Gasteiger partial charge in [-0.15, -0.1) is 0 Å². The van der Waals surface area contributed by atoms with Crippen LogP contribution in [0.25, 0.3) is 0 Å². The number of aromatic nitrogens is 1. The van der Waals surface area contributed by atoms with Gasteiger partial charge in [0.1, 0.15) is 0 Å². The van der Waals surface area contributed by atoms with Crippen LogP contribution in [0.1, 0.15) is 49.9 Å². The SMILES string of the molecule is CCCCNC(=O)C1CCC(C)N(C(=O)c2ccc(S(=O)(=O)Nc3ccncc3)cc2)C1. The number of rotatable bonds is 8. The van der Waals surface area contributed by atoms with E-state index in [1.165, 1.54) is 36.7 Å². The summed E-state index contributed by atoms with van der Waals surface area (Å²) in [6, 6.07) is 8.99. The number of hydrogen-bond donors (Lipinski definition) is 2. The van der Waals surface area contributed by atoms with Crippen LogP contribution in [0.5, 0.6) is 0 Å². The standard InChI is InChI=1S/C23H30N4O4S/c1-3-4-13-25-22(28)19-6-5-17(2)27(16-19)23(29)18-7-9-21(10-8-18)32(30,31)26-20-11-14-24-15-12-20/h7-12,14-15,17,19H,3-6,13,16H2,1-2H3,(H,24,26)(H,25,28). The molecule has 3 rings (SSSR count). The molecule has 2 unspecified atom stereocenters. The minimum Gasteiger partial charge on any atom is -0.356 e. The van der Waals surface area contributed by atoms with E-state index >= 15 is 0 Å². The van der Waals surface area contributed by atoms with Crippen LogP contribution in [0.2, 0.25) is 0 Å². The van der Waals surface area contributed by atoms with Gasteiger partial charge >= 0.3 is 0 Å². The first-order valence-corrected chi connectivity index (χ1v) is 12.4. The zero-order chi connectivity index (χ0) is 23.1. The lowest BCUT2D eigenvalue weighted by atomic mass is 9.92. The smallest absolute Gasteiger partial charge is 0.261 e. The number of nitrogens with one attached hydrogen (secondary N) is 2. The highest BCUT2D eigenvalue weighted by Gasteiger charge is 2.33. The molecule has 0 radical (unpaired) electrons. The summed E-state index contributed by atoms with van der Waals surface area (Å²) in [6.45, 7) is 5.06. The first-order valence-electron chi connectivity index (χ1n) is 10.9. The first-order chi connectivity index (χ1) is 15.3. The fraction of sp³-hybridized carbons (Fsp3) is 0.435. The summed E-state index contributed by atoms with van der Waals surface area (Å²) in [5, 5.41) is 2.96. The first kappa shape index (κ1) is 23.7. The summed E-state index contributed by atoms with van der Waals surface area (Å²) < 4.78 is 27.7. The molecule has 2 heterocycles. The molecule has 172 valence electrons. The molecule has 2 atom stereocenters. The van der Waals surface area contributed by atoms with Crippen LogP contribution in [-0.4, -0.2) is 49.2 Å². The number of benzene rings is 1. The molecule has 0 saturated carbocycles. The summed E-state index contributed by atoms with van der Waals surface area (Å²) in [5.74, 6) is -0.433. The van der Waals surface area contributed by atoms with Crippen LogP contribution < -0.4 is 10.0 Å². The summed E-state index contributed by atoms with van der Waals surface area (Å²) in [5.41, 5.74) is 0.803. The van der Waals surface area contributed by atoms with E-state index in [0.29, 0.717) is 24.3 Å². The molecule has 0 aliphatic carbocycles. The fourth-order valence-electron chi connectivity index (χ4n) is 3.71. The molecule has 0 bridgehead atoms. The van der Waals surface area contributed by atoms with Crippen molar-refractivity contribution in [3.63, 3.8) is 0 Å². The number of likely N-dealkylation sites (tertiary alicyclic amines) is 1. The highest BCUT2D eigenvalue weighted by Crippen LogP contribution is 2.25. The predicted molar refractivity (Wildman–Crippen MR) is 123 cm³/mol. The third-order valence-corrected chi connectivity index (χ3v) is 7.08. The Kier molecular flexibility index (Phi) is 7.84. The molecule has 1 aromatic carbocycles. The van der Waals surface area contributed by atoms with Gasteiger partial charge in [0, 0.05) is 37.1 Å². The number of piperidine rings is 1. The van der Waals surface area contributed by atoms with E-state index in [-0.39, 0.29) is 28.7 Å². The Hall–Kier alpha value is -2.94. The molecule has 1 aromatic heterocycles. The average Bonchev–Trinajstić information content (AvgIpc) is 2.79. The van der Waals surface area contributed by atoms with Crippen LogP contribution in [-0.2, 0) is 14.8 Å². The summed E-state index contributed by atoms with van der Waals surface area (Å²) in [6.07, 6.45) is 6.44. The maximum Gasteiger partial charge on any atom is 0.261 e. The molecule has 0 spiro atoms. The lowest BCUT2D eigenvalue weighted by molar-refractivity contribution is -0.126. The summed E-state index contributed by atoms with van der Waals surface area (Å²) >= 11 is 0. The second-order valence-electron chi connectivity index (χ2n) is 8.09. The molecular formula is C23H30N4O4S. The summed E-state index contributed by atoms with van der Waals surface area (Å²) in [7, 11) is -3.78. The number of sulfonamides is 1. The van der Waals surface area contributed by atoms with Crippen LogP contribution in [0, 0.1) is 5.92 Å². The quantitative estimate of drug-likeness (QED) is 0.591. The molecule has 2 amide bonds. The van der Waals surface area contributed by atoms with E-state index in [1.807, 2.05) is 6.92 Å². The van der Waals surface area contributed by atoms with Crippen LogP contribution in [0.4, 0.5) is 5.69 Å². The van der Waals surface area contributed by atoms with Crippen molar-refractivity contribution >= 4 is 27.5 Å². The second kappa shape index (κ2) is 10.6. The number of unbranched alkanes of at least 4 members (excludes halogenated alkanes) is 1. The topological polar surface area (TPSA) is 108 Å². The monoisotopic (exact) mass is 458 g/mol. The number of pyridine rings is 1. The van der Waals surface area contributed by atoms with Crippen LogP contribution in [0.15, 0.2) is 53.7 Å². The van der Waals surface area contributed by atoms with Crippen LogP contribution in [0.3, 0.4) is 0 Å². The van der Waals surface area contributed by atoms with E-state index in [1.54, 1.807) is 17.0 Å². The van der Waals surface area contributed by atoms with Gasteiger partial charge in [-0.1, -0.05) is 13.3 Å². The van der Waals surface area contributed by atoms with Gasteiger partial charge in [0.2, 0.25) is 5.91 Å². The Morgan fingerprint density at radius 2 is 1.78 bits per heavy atom. The number of carbonyl (C=O) groups excluding carboxylic acids is 2. The predicted octanol–water partition coefficient (Wildman–Crippen LogP) is 3.04. The number of amides is 2. The molecule has 8 nitrogen and oxygen atoms in total. The molecule has 1 saturated heterocycles. The number of carbonyl (C=O) groups is 2. The fourth-order valence-corrected chi connectivity index (χ4v) is 4.77. The molecule has 2 N–H and O–H groups in total. The molecule has 1 aliphatic rings. The molecule has 1 fully saturated rings. The van der Waals surface area contributed by atoms with Crippen molar-refractivity contribution in [1.29, 1.82) is 0 Å². The Labute approximate surface area is 189 Å². The minimum absolute atomic E-state index is 0.00761. The van der Waals surface area contributed by atoms with E-state index < -0.39 is 10.0 Å². The van der Waals surface area contributed by atoms with Gasteiger partial charge in [-0.2, -0.15) is 0 Å². The number of hydrogen-bond acceptors (Lipinski definition) is 5. The average molecular weight is 459 g/mol. The van der Waals surface area contributed by atoms with Gasteiger partial charge in [0.05, 0.1) is 16.5 Å². The lowest BCUT2D eigenvalue weighted by Gasteiger charge is -2.37. The van der Waals surface area contributed by atoms with Gasteiger partial charge < -0.3 is 10.2 Å². The lowest BCUT2D eigenvalue weighted by Crippen LogP contribution is -2.49. The van der Waals surface area contributed by atoms with Crippen molar-refractivity contribution in [3.8, 4) is 0 Å². The van der Waals surface area contributed by atoms with Gasteiger partial charge in [-0.25, -0.2) is 8.42 Å². The van der Waals surface area contributed by atoms with Gasteiger partial charge in [0.25, 0.3) is 15.9 Å². The number of nitrogens with zero attached hydrogens (tertiary/aromatic N) is 2. The Bertz CT molecular complexity index is 1030. The molecule has 9 heteroatoms. The zero-order valence-corrected chi connectivity index (χ0v) is 19.3. The van der Waals surface area contributed by atoms with Crippen molar-refractivity contribution in [2.45, 2.75) is 50.5 Å². The molecule has 1 aliphatic heterocycles. The van der Waals surface area contributed by atoms with Crippen molar-refractivity contribution in [2.24, 2.45) is 5.92 Å². The highest BCUT2D eigenvalue weighted by atomic mass is 32.2. The minimum atomic E-state index is -3.78. The van der Waals surface area contributed by atoms with Crippen molar-refractivity contribution in [3.05, 3.63) is 54.4 Å².